The van der Waals surface area contributed by atoms with E-state index in [4.69, 9.17) is 11.6 Å². The summed E-state index contributed by atoms with van der Waals surface area (Å²) in [6, 6.07) is 0. The molecule has 2 N–H and O–H groups in total. The molecule has 1 fully saturated rings. The normalized spacial score (nSPS) is 17.9. The average Bonchev–Trinajstić information content (AvgIpc) is 2.49. The van der Waals surface area contributed by atoms with Gasteiger partial charge in [-0.05, 0) is 19.3 Å². The lowest BCUT2D eigenvalue weighted by Crippen LogP contribution is -2.36. The van der Waals surface area contributed by atoms with E-state index in [0.29, 0.717) is 5.15 Å². The molecule has 1 aromatic heterocycles. The van der Waals surface area contributed by atoms with Crippen molar-refractivity contribution in [3.8, 4) is 0 Å². The van der Waals surface area contributed by atoms with Crippen molar-refractivity contribution in [1.82, 2.24) is 9.97 Å². The van der Waals surface area contributed by atoms with Gasteiger partial charge in [-0.3, -0.25) is 0 Å². The van der Waals surface area contributed by atoms with Crippen LogP contribution >= 0.6 is 11.6 Å². The third kappa shape index (κ3) is 3.61. The molecule has 4 nitrogen and oxygen atoms in total. The Hall–Kier alpha value is -0.870. The Labute approximate surface area is 126 Å². The first-order valence-corrected chi connectivity index (χ1v) is 7.93. The van der Waals surface area contributed by atoms with Crippen LogP contribution in [0.15, 0.2) is 6.33 Å². The van der Waals surface area contributed by atoms with E-state index in [-0.39, 0.29) is 12.0 Å². The first kappa shape index (κ1) is 15.5. The topological polar surface area (TPSA) is 58.0 Å². The van der Waals surface area contributed by atoms with Crippen LogP contribution in [0.5, 0.6) is 0 Å². The van der Waals surface area contributed by atoms with E-state index < -0.39 is 0 Å². The van der Waals surface area contributed by atoms with Gasteiger partial charge in [0.1, 0.15) is 17.3 Å². The summed E-state index contributed by atoms with van der Waals surface area (Å²) in [6.07, 6.45) is 9.22. The molecule has 0 atom stereocenters. The number of anilines is 1. The first-order chi connectivity index (χ1) is 9.71. The SMILES string of the molecule is CCCc1c(Cl)ncnc1NCC1(CO)CCCCC1. The highest BCUT2D eigenvalue weighted by Gasteiger charge is 2.31. The minimum Gasteiger partial charge on any atom is -0.396 e. The summed E-state index contributed by atoms with van der Waals surface area (Å²) in [4.78, 5) is 8.38. The molecule has 0 aliphatic heterocycles. The molecule has 1 aliphatic carbocycles. The number of aliphatic hydroxyl groups is 1. The molecule has 2 rings (SSSR count). The molecule has 1 aliphatic rings. The minimum atomic E-state index is -0.000833. The van der Waals surface area contributed by atoms with Crippen molar-refractivity contribution in [3.05, 3.63) is 17.0 Å². The number of nitrogens with one attached hydrogen (secondary N) is 1. The lowest BCUT2D eigenvalue weighted by molar-refractivity contribution is 0.0943. The van der Waals surface area contributed by atoms with Crippen molar-refractivity contribution in [3.63, 3.8) is 0 Å². The van der Waals surface area contributed by atoms with Crippen molar-refractivity contribution in [2.24, 2.45) is 5.41 Å². The number of hydrogen-bond donors (Lipinski definition) is 2. The number of nitrogens with zero attached hydrogens (tertiary/aromatic N) is 2. The molecular weight excluding hydrogens is 274 g/mol. The number of hydrogen-bond acceptors (Lipinski definition) is 4. The van der Waals surface area contributed by atoms with Crippen molar-refractivity contribution >= 4 is 17.4 Å². The Bertz CT molecular complexity index is 433. The van der Waals surface area contributed by atoms with Gasteiger partial charge in [-0.1, -0.05) is 44.2 Å². The fourth-order valence-electron chi connectivity index (χ4n) is 2.98. The number of aromatic nitrogens is 2. The largest absolute Gasteiger partial charge is 0.396 e. The van der Waals surface area contributed by atoms with Crippen LogP contribution in [0.1, 0.15) is 51.0 Å². The second-order valence-electron chi connectivity index (χ2n) is 5.81. The van der Waals surface area contributed by atoms with Gasteiger partial charge in [0.2, 0.25) is 0 Å². The molecule has 20 heavy (non-hydrogen) atoms. The van der Waals surface area contributed by atoms with Gasteiger partial charge >= 0.3 is 0 Å². The average molecular weight is 298 g/mol. The zero-order valence-electron chi connectivity index (χ0n) is 12.2. The standard InChI is InChI=1S/C15H24ClN3O/c1-2-6-12-13(16)18-11-19-14(12)17-9-15(10-20)7-4-3-5-8-15/h11,20H,2-10H2,1H3,(H,17,18,19). The predicted molar refractivity (Wildman–Crippen MR) is 82.1 cm³/mol. The van der Waals surface area contributed by atoms with Crippen molar-refractivity contribution in [2.75, 3.05) is 18.5 Å². The second kappa shape index (κ2) is 7.23. The van der Waals surface area contributed by atoms with Gasteiger partial charge in [-0.25, -0.2) is 9.97 Å². The Kier molecular flexibility index (Phi) is 5.61. The fraction of sp³-hybridized carbons (Fsp3) is 0.733. The molecule has 1 heterocycles. The maximum atomic E-state index is 9.75. The van der Waals surface area contributed by atoms with Crippen LogP contribution in [0, 0.1) is 5.41 Å². The van der Waals surface area contributed by atoms with E-state index in [1.165, 1.54) is 25.6 Å². The zero-order valence-corrected chi connectivity index (χ0v) is 12.9. The lowest BCUT2D eigenvalue weighted by Gasteiger charge is -2.36. The molecule has 5 heteroatoms. The molecule has 1 aromatic rings. The Morgan fingerprint density at radius 1 is 1.30 bits per heavy atom. The molecule has 112 valence electrons. The van der Waals surface area contributed by atoms with Crippen molar-refractivity contribution < 1.29 is 5.11 Å². The smallest absolute Gasteiger partial charge is 0.137 e. The predicted octanol–water partition coefficient (Wildman–Crippen LogP) is 3.44. The van der Waals surface area contributed by atoms with Gasteiger partial charge in [0.05, 0.1) is 6.61 Å². The highest BCUT2D eigenvalue weighted by molar-refractivity contribution is 6.30. The molecule has 0 bridgehead atoms. The molecule has 0 spiro atoms. The summed E-state index contributed by atoms with van der Waals surface area (Å²) in [7, 11) is 0. The van der Waals surface area contributed by atoms with Crippen LogP contribution in [0.2, 0.25) is 5.15 Å². The summed E-state index contributed by atoms with van der Waals surface area (Å²) in [6.45, 7) is 3.11. The molecule has 0 aromatic carbocycles. The highest BCUT2D eigenvalue weighted by Crippen LogP contribution is 2.36. The minimum absolute atomic E-state index is 0.000833. The summed E-state index contributed by atoms with van der Waals surface area (Å²) < 4.78 is 0. The zero-order chi connectivity index (χ0) is 14.4. The maximum absolute atomic E-state index is 9.75. The second-order valence-corrected chi connectivity index (χ2v) is 6.17. The third-order valence-electron chi connectivity index (χ3n) is 4.27. The maximum Gasteiger partial charge on any atom is 0.137 e. The van der Waals surface area contributed by atoms with Crippen LogP contribution in [0.4, 0.5) is 5.82 Å². The van der Waals surface area contributed by atoms with Gasteiger partial charge < -0.3 is 10.4 Å². The third-order valence-corrected chi connectivity index (χ3v) is 4.60. The van der Waals surface area contributed by atoms with Crippen LogP contribution in [0.25, 0.3) is 0 Å². The summed E-state index contributed by atoms with van der Waals surface area (Å²) in [5.41, 5.74) is 0.986. The Morgan fingerprint density at radius 3 is 2.70 bits per heavy atom. The molecular formula is C15H24ClN3O. The van der Waals surface area contributed by atoms with E-state index in [1.54, 1.807) is 0 Å². The van der Waals surface area contributed by atoms with E-state index in [0.717, 1.165) is 43.6 Å². The van der Waals surface area contributed by atoms with E-state index >= 15 is 0 Å². The van der Waals surface area contributed by atoms with Crippen molar-refractivity contribution in [1.29, 1.82) is 0 Å². The number of aliphatic hydroxyl groups excluding tert-OH is 1. The van der Waals surface area contributed by atoms with Crippen LogP contribution < -0.4 is 5.32 Å². The summed E-state index contributed by atoms with van der Waals surface area (Å²) in [5, 5.41) is 13.7. The van der Waals surface area contributed by atoms with Gasteiger partial charge in [0.15, 0.2) is 0 Å². The molecule has 0 unspecified atom stereocenters. The van der Waals surface area contributed by atoms with E-state index in [1.807, 2.05) is 0 Å². The van der Waals surface area contributed by atoms with E-state index in [2.05, 4.69) is 22.2 Å². The van der Waals surface area contributed by atoms with Gasteiger partial charge in [0, 0.05) is 17.5 Å². The molecule has 0 amide bonds. The Balaban J connectivity index is 2.07. The quantitative estimate of drug-likeness (QED) is 0.790. The first-order valence-electron chi connectivity index (χ1n) is 7.55. The van der Waals surface area contributed by atoms with E-state index in [9.17, 15) is 5.11 Å². The molecule has 0 saturated heterocycles. The summed E-state index contributed by atoms with van der Waals surface area (Å²) >= 11 is 6.16. The van der Waals surface area contributed by atoms with Crippen LogP contribution in [-0.2, 0) is 6.42 Å². The summed E-state index contributed by atoms with van der Waals surface area (Å²) in [5.74, 6) is 0.824. The van der Waals surface area contributed by atoms with Crippen LogP contribution in [-0.4, -0.2) is 28.2 Å². The van der Waals surface area contributed by atoms with Crippen LogP contribution in [0.3, 0.4) is 0 Å². The highest BCUT2D eigenvalue weighted by atomic mass is 35.5. The monoisotopic (exact) mass is 297 g/mol. The van der Waals surface area contributed by atoms with Gasteiger partial charge in [-0.15, -0.1) is 0 Å². The Morgan fingerprint density at radius 2 is 2.05 bits per heavy atom. The fourth-order valence-corrected chi connectivity index (χ4v) is 3.21. The lowest BCUT2D eigenvalue weighted by atomic mass is 9.74. The van der Waals surface area contributed by atoms with Gasteiger partial charge in [-0.2, -0.15) is 0 Å². The number of halogens is 1. The number of rotatable bonds is 6. The molecule has 0 radical (unpaired) electrons. The van der Waals surface area contributed by atoms with Gasteiger partial charge in [0.25, 0.3) is 0 Å². The molecule has 1 saturated carbocycles. The van der Waals surface area contributed by atoms with Crippen molar-refractivity contribution in [2.45, 2.75) is 51.9 Å².